The molecular weight excluding hydrogens is 353 g/mol. The lowest BCUT2D eigenvalue weighted by Gasteiger charge is -2.08. The molecule has 6 nitrogen and oxygen atoms in total. The Kier molecular flexibility index (Phi) is 4.69. The molecule has 3 aromatic rings. The molecule has 0 fully saturated rings. The van der Waals surface area contributed by atoms with Crippen LogP contribution in [0.15, 0.2) is 46.9 Å². The smallest absolute Gasteiger partial charge is 0.313 e. The van der Waals surface area contributed by atoms with Crippen LogP contribution in [0, 0.1) is 0 Å². The van der Waals surface area contributed by atoms with Crippen LogP contribution >= 0.6 is 23.2 Å². The maximum absolute atomic E-state index is 12.3. The molecule has 0 radical (unpaired) electrons. The molecule has 0 saturated carbocycles. The number of nitrogens with one attached hydrogen (secondary N) is 1. The summed E-state index contributed by atoms with van der Waals surface area (Å²) in [6.45, 7) is 0. The van der Waals surface area contributed by atoms with Gasteiger partial charge in [0.05, 0.1) is 23.4 Å². The van der Waals surface area contributed by atoms with Crippen LogP contribution in [0.5, 0.6) is 5.75 Å². The van der Waals surface area contributed by atoms with Gasteiger partial charge in [-0.1, -0.05) is 35.3 Å². The summed E-state index contributed by atoms with van der Waals surface area (Å²) in [4.78, 5) is 12.3. The van der Waals surface area contributed by atoms with Gasteiger partial charge >= 0.3 is 11.8 Å². The lowest BCUT2D eigenvalue weighted by atomic mass is 10.2. The zero-order valence-electron chi connectivity index (χ0n) is 12.4. The van der Waals surface area contributed by atoms with Crippen molar-refractivity contribution < 1.29 is 13.9 Å². The minimum absolute atomic E-state index is 0.156. The Morgan fingerprint density at radius 1 is 1.17 bits per heavy atom. The van der Waals surface area contributed by atoms with Gasteiger partial charge in [0.2, 0.25) is 5.89 Å². The number of carbonyl (C=O) groups excluding carboxylic acids is 1. The highest BCUT2D eigenvalue weighted by atomic mass is 35.5. The number of anilines is 1. The molecule has 1 amide bonds. The second-order valence-electron chi connectivity index (χ2n) is 4.69. The van der Waals surface area contributed by atoms with Gasteiger partial charge in [0.1, 0.15) is 5.75 Å². The minimum Gasteiger partial charge on any atom is -0.495 e. The average Bonchev–Trinajstić information content (AvgIpc) is 3.05. The highest BCUT2D eigenvalue weighted by Gasteiger charge is 2.18. The van der Waals surface area contributed by atoms with Gasteiger partial charge in [-0.25, -0.2) is 0 Å². The predicted octanol–water partition coefficient (Wildman–Crippen LogP) is 4.30. The molecule has 2 aromatic carbocycles. The summed E-state index contributed by atoms with van der Waals surface area (Å²) in [5.41, 5.74) is 0.943. The number of rotatable bonds is 4. The minimum atomic E-state index is -0.582. The first kappa shape index (κ1) is 16.3. The number of hydrogen-bond donors (Lipinski definition) is 1. The number of nitrogens with zero attached hydrogens (tertiary/aromatic N) is 2. The average molecular weight is 364 g/mol. The Morgan fingerprint density at radius 2 is 1.96 bits per heavy atom. The molecule has 0 spiro atoms. The number of ether oxygens (including phenoxy) is 1. The van der Waals surface area contributed by atoms with Crippen molar-refractivity contribution in [3.63, 3.8) is 0 Å². The standard InChI is InChI=1S/C16H11Cl2N3O3/c1-23-13-7-6-9(17)8-12(13)19-14(22)16-21-20-15(24-16)10-4-2-3-5-11(10)18/h2-8H,1H3,(H,19,22). The van der Waals surface area contributed by atoms with E-state index in [4.69, 9.17) is 32.4 Å². The number of methoxy groups -OCH3 is 1. The van der Waals surface area contributed by atoms with E-state index in [1.54, 1.807) is 42.5 Å². The van der Waals surface area contributed by atoms with Gasteiger partial charge in [-0.05, 0) is 30.3 Å². The van der Waals surface area contributed by atoms with Crippen molar-refractivity contribution in [2.24, 2.45) is 0 Å². The fraction of sp³-hybridized carbons (Fsp3) is 0.0625. The molecule has 1 N–H and O–H groups in total. The van der Waals surface area contributed by atoms with Crippen LogP contribution < -0.4 is 10.1 Å². The van der Waals surface area contributed by atoms with Crippen LogP contribution in [-0.2, 0) is 0 Å². The summed E-state index contributed by atoms with van der Waals surface area (Å²) in [5.74, 6) is -0.171. The summed E-state index contributed by atoms with van der Waals surface area (Å²) in [6, 6.07) is 11.8. The molecule has 8 heteroatoms. The summed E-state index contributed by atoms with van der Waals surface area (Å²) < 4.78 is 10.6. The van der Waals surface area contributed by atoms with Crippen molar-refractivity contribution in [1.29, 1.82) is 0 Å². The molecular formula is C16H11Cl2N3O3. The fourth-order valence-corrected chi connectivity index (χ4v) is 2.40. The maximum Gasteiger partial charge on any atom is 0.313 e. The van der Waals surface area contributed by atoms with E-state index in [1.165, 1.54) is 7.11 Å². The van der Waals surface area contributed by atoms with Gasteiger partial charge < -0.3 is 14.5 Å². The van der Waals surface area contributed by atoms with Crippen LogP contribution in [0.1, 0.15) is 10.7 Å². The van der Waals surface area contributed by atoms with E-state index in [1.807, 2.05) is 0 Å². The Hall–Kier alpha value is -2.57. The van der Waals surface area contributed by atoms with Crippen LogP contribution in [0.25, 0.3) is 11.5 Å². The lowest BCUT2D eigenvalue weighted by Crippen LogP contribution is -2.13. The largest absolute Gasteiger partial charge is 0.495 e. The highest BCUT2D eigenvalue weighted by molar-refractivity contribution is 6.33. The van der Waals surface area contributed by atoms with Gasteiger partial charge in [0.15, 0.2) is 0 Å². The normalized spacial score (nSPS) is 10.5. The molecule has 1 heterocycles. The Morgan fingerprint density at radius 3 is 2.71 bits per heavy atom. The van der Waals surface area contributed by atoms with E-state index in [0.29, 0.717) is 27.0 Å². The van der Waals surface area contributed by atoms with Crippen molar-refractivity contribution >= 4 is 34.8 Å². The zero-order chi connectivity index (χ0) is 17.1. The predicted molar refractivity (Wildman–Crippen MR) is 90.7 cm³/mol. The van der Waals surface area contributed by atoms with Gasteiger partial charge in [-0.3, -0.25) is 4.79 Å². The summed E-state index contributed by atoms with van der Waals surface area (Å²) in [5, 5.41) is 11.1. The molecule has 0 aliphatic rings. The van der Waals surface area contributed by atoms with E-state index < -0.39 is 5.91 Å². The van der Waals surface area contributed by atoms with Crippen LogP contribution in [0.4, 0.5) is 5.69 Å². The number of benzene rings is 2. The monoisotopic (exact) mass is 363 g/mol. The van der Waals surface area contributed by atoms with E-state index >= 15 is 0 Å². The van der Waals surface area contributed by atoms with Gasteiger partial charge in [0.25, 0.3) is 0 Å². The second kappa shape index (κ2) is 6.90. The maximum atomic E-state index is 12.3. The first-order valence-electron chi connectivity index (χ1n) is 6.82. The molecule has 1 aromatic heterocycles. The van der Waals surface area contributed by atoms with Crippen molar-refractivity contribution in [2.45, 2.75) is 0 Å². The van der Waals surface area contributed by atoms with Crippen LogP contribution in [-0.4, -0.2) is 23.2 Å². The van der Waals surface area contributed by atoms with Crippen molar-refractivity contribution in [2.75, 3.05) is 12.4 Å². The van der Waals surface area contributed by atoms with E-state index in [-0.39, 0.29) is 11.8 Å². The van der Waals surface area contributed by atoms with Crippen molar-refractivity contribution in [3.05, 3.63) is 58.4 Å². The topological polar surface area (TPSA) is 77.2 Å². The molecule has 24 heavy (non-hydrogen) atoms. The molecule has 0 unspecified atom stereocenters. The molecule has 122 valence electrons. The summed E-state index contributed by atoms with van der Waals surface area (Å²) in [6.07, 6.45) is 0. The highest BCUT2D eigenvalue weighted by Crippen LogP contribution is 2.29. The summed E-state index contributed by atoms with van der Waals surface area (Å²) in [7, 11) is 1.49. The molecule has 0 aliphatic carbocycles. The van der Waals surface area contributed by atoms with Crippen molar-refractivity contribution in [1.82, 2.24) is 10.2 Å². The van der Waals surface area contributed by atoms with E-state index in [2.05, 4.69) is 15.5 Å². The third-order valence-corrected chi connectivity index (χ3v) is 3.70. The third-order valence-electron chi connectivity index (χ3n) is 3.13. The first-order valence-corrected chi connectivity index (χ1v) is 7.57. The van der Waals surface area contributed by atoms with Gasteiger partial charge in [-0.2, -0.15) is 0 Å². The Bertz CT molecular complexity index is 896. The van der Waals surface area contributed by atoms with Crippen LogP contribution in [0.3, 0.4) is 0 Å². The Labute approximate surface area is 147 Å². The number of amides is 1. The molecule has 0 aliphatic heterocycles. The first-order chi connectivity index (χ1) is 11.6. The van der Waals surface area contributed by atoms with Gasteiger partial charge in [-0.15, -0.1) is 10.2 Å². The number of halogens is 2. The quantitative estimate of drug-likeness (QED) is 0.747. The van der Waals surface area contributed by atoms with Gasteiger partial charge in [0, 0.05) is 5.02 Å². The van der Waals surface area contributed by atoms with E-state index in [9.17, 15) is 4.79 Å². The number of carbonyl (C=O) groups is 1. The lowest BCUT2D eigenvalue weighted by molar-refractivity contribution is 0.0990. The summed E-state index contributed by atoms with van der Waals surface area (Å²) >= 11 is 12.0. The zero-order valence-corrected chi connectivity index (χ0v) is 13.9. The number of hydrogen-bond acceptors (Lipinski definition) is 5. The third kappa shape index (κ3) is 3.34. The SMILES string of the molecule is COc1ccc(Cl)cc1NC(=O)c1nnc(-c2ccccc2Cl)o1. The molecule has 0 saturated heterocycles. The fourth-order valence-electron chi connectivity index (χ4n) is 2.01. The van der Waals surface area contributed by atoms with Crippen molar-refractivity contribution in [3.8, 4) is 17.2 Å². The Balaban J connectivity index is 1.85. The molecule has 3 rings (SSSR count). The van der Waals surface area contributed by atoms with E-state index in [0.717, 1.165) is 0 Å². The van der Waals surface area contributed by atoms with Crippen LogP contribution in [0.2, 0.25) is 10.0 Å². The molecule has 0 bridgehead atoms. The number of aromatic nitrogens is 2. The second-order valence-corrected chi connectivity index (χ2v) is 5.53. The molecule has 0 atom stereocenters.